The van der Waals surface area contributed by atoms with Gasteiger partial charge in [-0.05, 0) is 49.9 Å². The molecule has 3 aromatic heterocycles. The summed E-state index contributed by atoms with van der Waals surface area (Å²) in [4.78, 5) is 12.3. The number of hydrogen-bond donors (Lipinski definition) is 0. The van der Waals surface area contributed by atoms with E-state index in [1.54, 1.807) is 0 Å². The second kappa shape index (κ2) is 9.63. The minimum atomic E-state index is 0.304. The molecule has 0 N–H and O–H groups in total. The first-order valence-corrected chi connectivity index (χ1v) is 13.5. The fraction of sp³-hybridized carbons (Fsp3) is 0.367. The normalized spacial score (nSPS) is 20.6. The molecule has 7 rings (SSSR count). The number of hydrogen-bond acceptors (Lipinski definition) is 5. The van der Waals surface area contributed by atoms with Gasteiger partial charge in [-0.1, -0.05) is 48.5 Å². The van der Waals surface area contributed by atoms with E-state index in [-0.39, 0.29) is 0 Å². The average molecular weight is 493 g/mol. The highest BCUT2D eigenvalue weighted by molar-refractivity contribution is 5.81. The van der Waals surface area contributed by atoms with Crippen molar-refractivity contribution in [3.05, 3.63) is 90.3 Å². The molecule has 2 atom stereocenters. The summed E-state index contributed by atoms with van der Waals surface area (Å²) in [6, 6.07) is 21.3. The predicted molar refractivity (Wildman–Crippen MR) is 143 cm³/mol. The summed E-state index contributed by atoms with van der Waals surface area (Å²) in [6.07, 6.45) is 9.35. The van der Waals surface area contributed by atoms with Gasteiger partial charge < -0.3 is 8.98 Å². The number of likely N-dealkylation sites (tertiary alicyclic amines) is 1. The highest BCUT2D eigenvalue weighted by Crippen LogP contribution is 2.34. The molecule has 0 saturated carbocycles. The van der Waals surface area contributed by atoms with Crippen molar-refractivity contribution < 1.29 is 4.42 Å². The molecule has 5 heterocycles. The van der Waals surface area contributed by atoms with E-state index in [9.17, 15) is 0 Å². The lowest BCUT2D eigenvalue weighted by Crippen LogP contribution is -2.37. The number of fused-ring (bicyclic) bond motifs is 2. The van der Waals surface area contributed by atoms with E-state index in [0.29, 0.717) is 17.8 Å². The number of imidazole rings is 1. The fourth-order valence-corrected chi connectivity index (χ4v) is 6.07. The van der Waals surface area contributed by atoms with Crippen molar-refractivity contribution in [1.82, 2.24) is 29.2 Å². The van der Waals surface area contributed by atoms with E-state index in [1.165, 1.54) is 11.4 Å². The number of aromatic nitrogens is 5. The van der Waals surface area contributed by atoms with E-state index in [2.05, 4.69) is 67.8 Å². The number of aryl methyl sites for hydroxylation is 2. The Hall–Kier alpha value is -3.71. The molecule has 188 valence electrons. The molecule has 0 radical (unpaired) electrons. The Kier molecular flexibility index (Phi) is 5.85. The van der Waals surface area contributed by atoms with Crippen LogP contribution in [0.25, 0.3) is 22.6 Å². The topological polar surface area (TPSA) is 64.9 Å². The number of furan rings is 1. The van der Waals surface area contributed by atoms with Gasteiger partial charge in [-0.3, -0.25) is 4.90 Å². The number of piperidine rings is 1. The lowest BCUT2D eigenvalue weighted by atomic mass is 9.98. The molecule has 2 aromatic carbocycles. The van der Waals surface area contributed by atoms with Crippen molar-refractivity contribution in [2.75, 3.05) is 13.1 Å². The first-order chi connectivity index (χ1) is 18.3. The first kappa shape index (κ1) is 22.5. The van der Waals surface area contributed by atoms with Gasteiger partial charge in [0.25, 0.3) is 0 Å². The second-order valence-corrected chi connectivity index (χ2v) is 10.5. The summed E-state index contributed by atoms with van der Waals surface area (Å²) in [5, 5.41) is 6.23. The third-order valence-electron chi connectivity index (χ3n) is 7.98. The summed E-state index contributed by atoms with van der Waals surface area (Å²) in [6.45, 7) is 4.05. The van der Waals surface area contributed by atoms with Crippen molar-refractivity contribution in [2.45, 2.75) is 57.2 Å². The second-order valence-electron chi connectivity index (χ2n) is 10.5. The Balaban J connectivity index is 1.22. The Morgan fingerprint density at radius 3 is 2.76 bits per heavy atom. The van der Waals surface area contributed by atoms with E-state index in [0.717, 1.165) is 80.8 Å². The van der Waals surface area contributed by atoms with Crippen LogP contribution in [0.15, 0.2) is 77.5 Å². The van der Waals surface area contributed by atoms with Crippen LogP contribution in [0.1, 0.15) is 54.9 Å². The molecule has 7 heteroatoms. The molecular formula is C30H32N6O. The Bertz CT molecular complexity index is 1440. The molecule has 1 saturated heterocycles. The molecule has 7 nitrogen and oxygen atoms in total. The maximum atomic E-state index is 6.20. The summed E-state index contributed by atoms with van der Waals surface area (Å²) >= 11 is 0. The van der Waals surface area contributed by atoms with Gasteiger partial charge in [0.1, 0.15) is 17.2 Å². The smallest absolute Gasteiger partial charge is 0.217 e. The third kappa shape index (κ3) is 4.48. The maximum Gasteiger partial charge on any atom is 0.217 e. The van der Waals surface area contributed by atoms with Crippen molar-refractivity contribution in [3.63, 3.8) is 0 Å². The predicted octanol–water partition coefficient (Wildman–Crippen LogP) is 5.85. The maximum absolute atomic E-state index is 6.20. The Morgan fingerprint density at radius 2 is 1.84 bits per heavy atom. The van der Waals surface area contributed by atoms with Crippen LogP contribution >= 0.6 is 0 Å². The summed E-state index contributed by atoms with van der Waals surface area (Å²) in [7, 11) is 0. The molecule has 5 aromatic rings. The molecule has 0 aliphatic carbocycles. The van der Waals surface area contributed by atoms with Crippen LogP contribution in [0, 0.1) is 0 Å². The Labute approximate surface area is 216 Å². The number of benzene rings is 2. The molecule has 2 aliphatic heterocycles. The summed E-state index contributed by atoms with van der Waals surface area (Å²) in [5.74, 6) is 4.08. The van der Waals surface area contributed by atoms with Gasteiger partial charge in [0.2, 0.25) is 5.82 Å². The number of rotatable bonds is 5. The molecule has 2 aliphatic rings. The van der Waals surface area contributed by atoms with E-state index in [1.807, 2.05) is 24.4 Å². The van der Waals surface area contributed by atoms with Gasteiger partial charge >= 0.3 is 0 Å². The minimum Gasteiger partial charge on any atom is -0.453 e. The zero-order valence-electron chi connectivity index (χ0n) is 21.0. The van der Waals surface area contributed by atoms with Crippen LogP contribution in [-0.2, 0) is 19.5 Å². The van der Waals surface area contributed by atoms with E-state index >= 15 is 0 Å². The average Bonchev–Trinajstić information content (AvgIpc) is 3.65. The van der Waals surface area contributed by atoms with Crippen LogP contribution in [0.3, 0.4) is 0 Å². The van der Waals surface area contributed by atoms with Gasteiger partial charge in [-0.2, -0.15) is 0 Å². The van der Waals surface area contributed by atoms with Crippen LogP contribution in [0.2, 0.25) is 0 Å². The largest absolute Gasteiger partial charge is 0.453 e. The van der Waals surface area contributed by atoms with Gasteiger partial charge in [-0.25, -0.2) is 14.6 Å². The highest BCUT2D eigenvalue weighted by atomic mass is 16.3. The summed E-state index contributed by atoms with van der Waals surface area (Å²) < 4.78 is 10.8. The first-order valence-electron chi connectivity index (χ1n) is 13.5. The summed E-state index contributed by atoms with van der Waals surface area (Å²) in [5.41, 5.74) is 2.24. The molecular weight excluding hydrogens is 460 g/mol. The van der Waals surface area contributed by atoms with Gasteiger partial charge in [0.05, 0.1) is 6.04 Å². The van der Waals surface area contributed by atoms with Crippen molar-refractivity contribution in [3.8, 4) is 11.6 Å². The van der Waals surface area contributed by atoms with Crippen molar-refractivity contribution >= 4 is 11.0 Å². The monoisotopic (exact) mass is 492 g/mol. The van der Waals surface area contributed by atoms with E-state index < -0.39 is 0 Å². The van der Waals surface area contributed by atoms with Crippen LogP contribution in [0.4, 0.5) is 0 Å². The molecule has 0 bridgehead atoms. The van der Waals surface area contributed by atoms with Crippen molar-refractivity contribution in [2.24, 2.45) is 0 Å². The Morgan fingerprint density at radius 1 is 0.946 bits per heavy atom. The van der Waals surface area contributed by atoms with Gasteiger partial charge in [0.15, 0.2) is 5.76 Å². The van der Waals surface area contributed by atoms with Gasteiger partial charge in [-0.15, -0.1) is 5.10 Å². The van der Waals surface area contributed by atoms with Gasteiger partial charge in [0, 0.05) is 49.8 Å². The lowest BCUT2D eigenvalue weighted by Gasteiger charge is -2.33. The van der Waals surface area contributed by atoms with Crippen LogP contribution < -0.4 is 0 Å². The minimum absolute atomic E-state index is 0.304. The number of nitrogens with zero attached hydrogens (tertiary/aromatic N) is 6. The zero-order chi connectivity index (χ0) is 24.6. The van der Waals surface area contributed by atoms with E-state index in [4.69, 9.17) is 14.5 Å². The standard InChI is InChI=1S/C30H32N6O/c1-2-7-22(8-3-1)20-34-16-6-10-25(21-34)36-30(23-12-13-28-31-15-18-35(28)17-14-23)32-29(33-36)27-19-24-9-4-5-11-26(24)37-27/h1-5,7-9,11,15,18-19,23,25H,6,10,12-14,16-17,20-21H2. The molecule has 37 heavy (non-hydrogen) atoms. The molecule has 1 fully saturated rings. The van der Waals surface area contributed by atoms with Crippen LogP contribution in [0.5, 0.6) is 0 Å². The van der Waals surface area contributed by atoms with Crippen molar-refractivity contribution in [1.29, 1.82) is 0 Å². The number of para-hydroxylation sites is 1. The third-order valence-corrected chi connectivity index (χ3v) is 7.98. The zero-order valence-corrected chi connectivity index (χ0v) is 21.0. The molecule has 0 spiro atoms. The SMILES string of the molecule is c1ccc(CN2CCCC(n3nc(-c4cc5ccccc5o4)nc3C3CCc4nccn4CC3)C2)cc1. The quantitative estimate of drug-likeness (QED) is 0.308. The lowest BCUT2D eigenvalue weighted by molar-refractivity contribution is 0.159. The molecule has 0 amide bonds. The highest BCUT2D eigenvalue weighted by Gasteiger charge is 2.30. The van der Waals surface area contributed by atoms with Crippen LogP contribution in [-0.4, -0.2) is 42.3 Å². The molecule has 2 unspecified atom stereocenters. The fourth-order valence-electron chi connectivity index (χ4n) is 6.07.